The van der Waals surface area contributed by atoms with Gasteiger partial charge in [-0.25, -0.2) is 8.42 Å². The van der Waals surface area contributed by atoms with Gasteiger partial charge in [-0.2, -0.15) is 13.1 Å². The lowest BCUT2D eigenvalue weighted by molar-refractivity contribution is 0.451. The molecule has 0 aromatic carbocycles. The highest BCUT2D eigenvalue weighted by Crippen LogP contribution is 2.42. The molecule has 0 spiro atoms. The van der Waals surface area contributed by atoms with Gasteiger partial charge in [-0.3, -0.25) is 0 Å². The first kappa shape index (κ1) is 23.7. The van der Waals surface area contributed by atoms with Crippen LogP contribution in [0.15, 0.2) is 38.5 Å². The number of hydrogen-bond donors (Lipinski definition) is 3. The molecule has 4 heterocycles. The van der Waals surface area contributed by atoms with Gasteiger partial charge in [0, 0.05) is 18.5 Å². The average Bonchev–Trinajstić information content (AvgIpc) is 3.55. The van der Waals surface area contributed by atoms with Crippen LogP contribution in [-0.2, 0) is 10.0 Å². The van der Waals surface area contributed by atoms with Gasteiger partial charge in [0.1, 0.15) is 11.8 Å². The van der Waals surface area contributed by atoms with Crippen LogP contribution in [0.3, 0.4) is 0 Å². The molecule has 0 saturated carbocycles. The Bertz CT molecular complexity index is 1240. The SMILES string of the molecule is C=C(C)[C@@H](Nc1nsnc1Nc1csc(S(=O)(=O)N2CCCC2)c1O)c1cc(C(C)C)co1. The van der Waals surface area contributed by atoms with Crippen LogP contribution in [0, 0.1) is 0 Å². The maximum absolute atomic E-state index is 12.9. The lowest BCUT2D eigenvalue weighted by atomic mass is 10.0. The Labute approximate surface area is 201 Å². The number of hydrogen-bond acceptors (Lipinski definition) is 10. The first-order chi connectivity index (χ1) is 15.7. The third-order valence-corrected chi connectivity index (χ3v) is 9.40. The third-order valence-electron chi connectivity index (χ3n) is 5.48. The predicted octanol–water partition coefficient (Wildman–Crippen LogP) is 5.28. The molecule has 3 aromatic heterocycles. The fraction of sp³-hybridized carbons (Fsp3) is 0.429. The van der Waals surface area contributed by atoms with Gasteiger partial charge in [0.15, 0.2) is 21.6 Å². The van der Waals surface area contributed by atoms with E-state index in [9.17, 15) is 13.5 Å². The summed E-state index contributed by atoms with van der Waals surface area (Å²) in [5.41, 5.74) is 2.18. The van der Waals surface area contributed by atoms with Crippen molar-refractivity contribution in [1.29, 1.82) is 0 Å². The van der Waals surface area contributed by atoms with Crippen molar-refractivity contribution in [1.82, 2.24) is 13.1 Å². The van der Waals surface area contributed by atoms with Crippen LogP contribution < -0.4 is 10.6 Å². The van der Waals surface area contributed by atoms with Crippen molar-refractivity contribution in [3.8, 4) is 5.75 Å². The van der Waals surface area contributed by atoms with E-state index in [-0.39, 0.29) is 21.7 Å². The van der Waals surface area contributed by atoms with Crippen molar-refractivity contribution >= 4 is 50.4 Å². The Morgan fingerprint density at radius 3 is 2.61 bits per heavy atom. The summed E-state index contributed by atoms with van der Waals surface area (Å²) in [5, 5.41) is 18.5. The van der Waals surface area contributed by atoms with Gasteiger partial charge in [-0.15, -0.1) is 11.3 Å². The van der Waals surface area contributed by atoms with Crippen molar-refractivity contribution in [2.75, 3.05) is 23.7 Å². The zero-order chi connectivity index (χ0) is 23.8. The fourth-order valence-corrected chi connectivity index (χ4v) is 6.91. The van der Waals surface area contributed by atoms with Crippen LogP contribution in [0.1, 0.15) is 56.9 Å². The average molecular weight is 510 g/mol. The number of sulfonamides is 1. The molecule has 0 aliphatic carbocycles. The Morgan fingerprint density at radius 1 is 1.27 bits per heavy atom. The van der Waals surface area contributed by atoms with Crippen LogP contribution in [0.25, 0.3) is 0 Å². The van der Waals surface area contributed by atoms with Crippen LogP contribution in [0.4, 0.5) is 17.3 Å². The summed E-state index contributed by atoms with van der Waals surface area (Å²) in [5.74, 6) is 1.56. The Kier molecular flexibility index (Phi) is 6.80. The number of rotatable bonds is 9. The van der Waals surface area contributed by atoms with Gasteiger partial charge in [0.25, 0.3) is 10.0 Å². The highest BCUT2D eigenvalue weighted by molar-refractivity contribution is 7.91. The smallest absolute Gasteiger partial charge is 0.256 e. The van der Waals surface area contributed by atoms with E-state index in [2.05, 4.69) is 39.8 Å². The molecule has 9 nitrogen and oxygen atoms in total. The van der Waals surface area contributed by atoms with E-state index >= 15 is 0 Å². The fourth-order valence-electron chi connectivity index (χ4n) is 3.54. The topological polar surface area (TPSA) is 121 Å². The first-order valence-electron chi connectivity index (χ1n) is 10.6. The number of aromatic hydroxyl groups is 1. The molecule has 1 saturated heterocycles. The van der Waals surface area contributed by atoms with E-state index in [1.54, 1.807) is 11.6 Å². The van der Waals surface area contributed by atoms with Gasteiger partial charge < -0.3 is 20.2 Å². The summed E-state index contributed by atoms with van der Waals surface area (Å²) in [6.45, 7) is 11.1. The van der Waals surface area contributed by atoms with E-state index < -0.39 is 10.0 Å². The second kappa shape index (κ2) is 9.45. The minimum Gasteiger partial charge on any atom is -0.504 e. The third kappa shape index (κ3) is 4.79. The molecular weight excluding hydrogens is 482 g/mol. The molecule has 178 valence electrons. The quantitative estimate of drug-likeness (QED) is 0.333. The molecule has 1 atom stereocenters. The molecule has 1 aliphatic rings. The minimum absolute atomic E-state index is 0.0683. The second-order valence-corrected chi connectivity index (χ2v) is 11.9. The standard InChI is InChI=1S/C21H27N5O4S3/c1-12(2)14-9-16(30-10-14)17(13(3)4)23-20-19(24-32-25-20)22-15-11-31-21(18(15)27)33(28,29)26-7-5-6-8-26/h9-12,17,27H,3,5-8H2,1-2,4H3,(H,22,24)(H,23,25)/t17-/m1/s1. The largest absolute Gasteiger partial charge is 0.504 e. The van der Waals surface area contributed by atoms with Crippen LogP contribution >= 0.6 is 23.1 Å². The Hall–Kier alpha value is -2.41. The predicted molar refractivity (Wildman–Crippen MR) is 131 cm³/mol. The van der Waals surface area contributed by atoms with E-state index in [1.807, 2.05) is 13.0 Å². The van der Waals surface area contributed by atoms with Crippen molar-refractivity contribution in [2.45, 2.75) is 49.8 Å². The number of nitrogens with one attached hydrogen (secondary N) is 2. The van der Waals surface area contributed by atoms with Crippen LogP contribution in [-0.4, -0.2) is 39.7 Å². The number of thiophene rings is 1. The highest BCUT2D eigenvalue weighted by Gasteiger charge is 2.32. The molecule has 3 aromatic rings. The zero-order valence-electron chi connectivity index (χ0n) is 18.7. The van der Waals surface area contributed by atoms with Gasteiger partial charge >= 0.3 is 0 Å². The summed E-state index contributed by atoms with van der Waals surface area (Å²) in [6, 6.07) is 1.66. The summed E-state index contributed by atoms with van der Waals surface area (Å²) in [7, 11) is -3.72. The molecule has 4 rings (SSSR count). The van der Waals surface area contributed by atoms with Gasteiger partial charge in [0.2, 0.25) is 0 Å². The van der Waals surface area contributed by atoms with Crippen LogP contribution in [0.5, 0.6) is 5.75 Å². The lowest BCUT2D eigenvalue weighted by Crippen LogP contribution is -2.27. The number of anilines is 3. The normalized spacial score (nSPS) is 15.8. The second-order valence-electron chi connectivity index (χ2n) is 8.34. The monoisotopic (exact) mass is 509 g/mol. The van der Waals surface area contributed by atoms with Crippen molar-refractivity contribution < 1.29 is 17.9 Å². The zero-order valence-corrected chi connectivity index (χ0v) is 21.1. The van der Waals surface area contributed by atoms with Gasteiger partial charge in [-0.1, -0.05) is 26.0 Å². The molecule has 0 radical (unpaired) electrons. The molecular formula is C21H27N5O4S3. The molecule has 0 amide bonds. The Morgan fingerprint density at radius 2 is 1.97 bits per heavy atom. The van der Waals surface area contributed by atoms with Gasteiger partial charge in [0.05, 0.1) is 23.7 Å². The van der Waals surface area contributed by atoms with Gasteiger partial charge in [-0.05, 0) is 37.3 Å². The van der Waals surface area contributed by atoms with Crippen LogP contribution in [0.2, 0.25) is 0 Å². The summed E-state index contributed by atoms with van der Waals surface area (Å²) in [4.78, 5) is 0. The molecule has 33 heavy (non-hydrogen) atoms. The van der Waals surface area contributed by atoms with Crippen molar-refractivity contribution in [3.63, 3.8) is 0 Å². The maximum atomic E-state index is 12.9. The van der Waals surface area contributed by atoms with E-state index in [1.165, 1.54) is 4.31 Å². The number of nitrogens with zero attached hydrogens (tertiary/aromatic N) is 3. The van der Waals surface area contributed by atoms with E-state index in [0.717, 1.165) is 47.0 Å². The molecule has 1 aliphatic heterocycles. The summed E-state index contributed by atoms with van der Waals surface area (Å²) in [6.07, 6.45) is 3.39. The first-order valence-corrected chi connectivity index (χ1v) is 13.6. The minimum atomic E-state index is -3.72. The maximum Gasteiger partial charge on any atom is 0.256 e. The van der Waals surface area contributed by atoms with Crippen molar-refractivity contribution in [2.24, 2.45) is 0 Å². The van der Waals surface area contributed by atoms with Crippen molar-refractivity contribution in [3.05, 3.63) is 41.2 Å². The molecule has 0 unspecified atom stereocenters. The summed E-state index contributed by atoms with van der Waals surface area (Å²) >= 11 is 1.98. The molecule has 12 heteroatoms. The highest BCUT2D eigenvalue weighted by atomic mass is 32.2. The molecule has 3 N–H and O–H groups in total. The van der Waals surface area contributed by atoms with E-state index in [0.29, 0.717) is 36.4 Å². The molecule has 1 fully saturated rings. The lowest BCUT2D eigenvalue weighted by Gasteiger charge is -2.17. The molecule has 0 bridgehead atoms. The number of aromatic nitrogens is 2. The summed E-state index contributed by atoms with van der Waals surface area (Å²) < 4.78 is 41.4. The van der Waals surface area contributed by atoms with E-state index in [4.69, 9.17) is 4.42 Å². The number of furan rings is 1. The Balaban J connectivity index is 1.55.